The number of rotatable bonds is 4. The van der Waals surface area contributed by atoms with Crippen LogP contribution in [0.3, 0.4) is 0 Å². The standard InChI is InChI=1S/C44H28N4/c1-3-11-29(12-4-1)30-19-23-34(24-20-30)48-41-26-22-31(27-37(41)43-44(48)46-39-17-9-8-16-38(39)45-43)32-21-25-36-35-15-7-10-18-40(35)47(42(36)28-32)33-13-5-2-6-14-33/h1-28H. The second kappa shape index (κ2) is 10.5. The molecule has 4 heteroatoms. The van der Waals surface area contributed by atoms with Gasteiger partial charge in [0.25, 0.3) is 0 Å². The van der Waals surface area contributed by atoms with Crippen molar-refractivity contribution in [2.75, 3.05) is 0 Å². The summed E-state index contributed by atoms with van der Waals surface area (Å²) in [5, 5.41) is 3.57. The number of benzene rings is 7. The highest BCUT2D eigenvalue weighted by molar-refractivity contribution is 6.11. The largest absolute Gasteiger partial charge is 0.309 e. The van der Waals surface area contributed by atoms with Gasteiger partial charge in [0, 0.05) is 27.5 Å². The second-order valence-corrected chi connectivity index (χ2v) is 12.3. The molecule has 0 N–H and O–H groups in total. The molecule has 48 heavy (non-hydrogen) atoms. The van der Waals surface area contributed by atoms with Crippen molar-refractivity contribution in [3.8, 4) is 33.6 Å². The van der Waals surface area contributed by atoms with Crippen molar-refractivity contribution >= 4 is 54.9 Å². The van der Waals surface area contributed by atoms with E-state index in [-0.39, 0.29) is 0 Å². The van der Waals surface area contributed by atoms with Gasteiger partial charge in [-0.2, -0.15) is 0 Å². The molecular formula is C44H28N4. The highest BCUT2D eigenvalue weighted by Gasteiger charge is 2.18. The van der Waals surface area contributed by atoms with Gasteiger partial charge in [0.2, 0.25) is 0 Å². The average Bonchev–Trinajstić information content (AvgIpc) is 3.66. The molecule has 0 bridgehead atoms. The summed E-state index contributed by atoms with van der Waals surface area (Å²) in [5.41, 5.74) is 13.9. The number of para-hydroxylation sites is 4. The van der Waals surface area contributed by atoms with Gasteiger partial charge in [-0.1, -0.05) is 109 Å². The predicted molar refractivity (Wildman–Crippen MR) is 199 cm³/mol. The molecule has 0 aliphatic rings. The number of hydrogen-bond donors (Lipinski definition) is 0. The minimum absolute atomic E-state index is 0.855. The van der Waals surface area contributed by atoms with E-state index in [0.717, 1.165) is 55.6 Å². The van der Waals surface area contributed by atoms with Gasteiger partial charge in [-0.25, -0.2) is 9.97 Å². The summed E-state index contributed by atoms with van der Waals surface area (Å²) in [6.07, 6.45) is 0. The summed E-state index contributed by atoms with van der Waals surface area (Å²) in [6.45, 7) is 0. The second-order valence-electron chi connectivity index (χ2n) is 12.3. The van der Waals surface area contributed by atoms with Crippen LogP contribution in [0.2, 0.25) is 0 Å². The highest BCUT2D eigenvalue weighted by atomic mass is 15.1. The van der Waals surface area contributed by atoms with Crippen LogP contribution < -0.4 is 0 Å². The molecule has 4 nitrogen and oxygen atoms in total. The molecule has 0 unspecified atom stereocenters. The van der Waals surface area contributed by atoms with E-state index in [1.807, 2.05) is 30.3 Å². The molecule has 0 radical (unpaired) electrons. The Morgan fingerprint density at radius 1 is 0.333 bits per heavy atom. The minimum atomic E-state index is 0.855. The quantitative estimate of drug-likeness (QED) is 0.198. The molecule has 0 saturated carbocycles. The van der Waals surface area contributed by atoms with Gasteiger partial charge < -0.3 is 4.57 Å². The summed E-state index contributed by atoms with van der Waals surface area (Å²) in [5.74, 6) is 0. The first-order valence-corrected chi connectivity index (χ1v) is 16.3. The zero-order chi connectivity index (χ0) is 31.6. The van der Waals surface area contributed by atoms with Crippen LogP contribution in [0.1, 0.15) is 0 Å². The van der Waals surface area contributed by atoms with Crippen LogP contribution in [0, 0.1) is 0 Å². The molecular weight excluding hydrogens is 585 g/mol. The summed E-state index contributed by atoms with van der Waals surface area (Å²) in [4.78, 5) is 10.4. The first kappa shape index (κ1) is 26.7. The van der Waals surface area contributed by atoms with E-state index in [4.69, 9.17) is 9.97 Å². The average molecular weight is 613 g/mol. The molecule has 0 saturated heterocycles. The van der Waals surface area contributed by atoms with E-state index in [1.165, 1.54) is 32.9 Å². The van der Waals surface area contributed by atoms with Crippen LogP contribution in [-0.4, -0.2) is 19.1 Å². The first-order valence-electron chi connectivity index (χ1n) is 16.3. The van der Waals surface area contributed by atoms with E-state index in [0.29, 0.717) is 0 Å². The topological polar surface area (TPSA) is 35.6 Å². The Morgan fingerprint density at radius 3 is 1.71 bits per heavy atom. The van der Waals surface area contributed by atoms with Crippen molar-refractivity contribution in [2.45, 2.75) is 0 Å². The van der Waals surface area contributed by atoms with Crippen LogP contribution in [0.25, 0.3) is 88.5 Å². The van der Waals surface area contributed by atoms with Crippen LogP contribution in [-0.2, 0) is 0 Å². The third-order valence-corrected chi connectivity index (χ3v) is 9.51. The van der Waals surface area contributed by atoms with E-state index >= 15 is 0 Å². The normalized spacial score (nSPS) is 11.8. The summed E-state index contributed by atoms with van der Waals surface area (Å²) < 4.78 is 4.62. The Hall–Kier alpha value is -6.52. The van der Waals surface area contributed by atoms with E-state index in [9.17, 15) is 0 Å². The molecule has 7 aromatic carbocycles. The molecule has 3 aromatic heterocycles. The molecule has 3 heterocycles. The van der Waals surface area contributed by atoms with Gasteiger partial charge in [-0.05, 0) is 82.9 Å². The highest BCUT2D eigenvalue weighted by Crippen LogP contribution is 2.38. The molecule has 0 aliphatic heterocycles. The number of nitrogens with zero attached hydrogens (tertiary/aromatic N) is 4. The lowest BCUT2D eigenvalue weighted by atomic mass is 10.0. The van der Waals surface area contributed by atoms with E-state index < -0.39 is 0 Å². The number of aromatic nitrogens is 4. The van der Waals surface area contributed by atoms with Crippen LogP contribution in [0.15, 0.2) is 170 Å². The fraction of sp³-hybridized carbons (Fsp3) is 0. The molecule has 0 aliphatic carbocycles. The fourth-order valence-corrected chi connectivity index (χ4v) is 7.24. The molecule has 0 amide bonds. The van der Waals surface area contributed by atoms with Gasteiger partial charge >= 0.3 is 0 Å². The maximum absolute atomic E-state index is 5.20. The smallest absolute Gasteiger partial charge is 0.165 e. The van der Waals surface area contributed by atoms with Crippen LogP contribution in [0.5, 0.6) is 0 Å². The minimum Gasteiger partial charge on any atom is -0.309 e. The maximum atomic E-state index is 5.20. The Bertz CT molecular complexity index is 2810. The molecule has 10 aromatic rings. The van der Waals surface area contributed by atoms with Gasteiger partial charge in [-0.3, -0.25) is 4.57 Å². The monoisotopic (exact) mass is 612 g/mol. The predicted octanol–water partition coefficient (Wildman–Crippen LogP) is 11.2. The van der Waals surface area contributed by atoms with Gasteiger partial charge in [0.15, 0.2) is 5.65 Å². The van der Waals surface area contributed by atoms with Crippen molar-refractivity contribution in [1.82, 2.24) is 19.1 Å². The third-order valence-electron chi connectivity index (χ3n) is 9.51. The first-order chi connectivity index (χ1) is 23.8. The van der Waals surface area contributed by atoms with Gasteiger partial charge in [-0.15, -0.1) is 0 Å². The van der Waals surface area contributed by atoms with Gasteiger partial charge in [0.1, 0.15) is 5.52 Å². The zero-order valence-corrected chi connectivity index (χ0v) is 26.0. The summed E-state index contributed by atoms with van der Waals surface area (Å²) in [7, 11) is 0. The molecule has 10 rings (SSSR count). The van der Waals surface area contributed by atoms with Gasteiger partial charge in [0.05, 0.1) is 27.6 Å². The van der Waals surface area contributed by atoms with Crippen LogP contribution >= 0.6 is 0 Å². The van der Waals surface area contributed by atoms with Crippen molar-refractivity contribution in [3.63, 3.8) is 0 Å². The van der Waals surface area contributed by atoms with Crippen molar-refractivity contribution in [2.24, 2.45) is 0 Å². The zero-order valence-electron chi connectivity index (χ0n) is 26.0. The van der Waals surface area contributed by atoms with Crippen LogP contribution in [0.4, 0.5) is 0 Å². The van der Waals surface area contributed by atoms with E-state index in [1.54, 1.807) is 0 Å². The lowest BCUT2D eigenvalue weighted by Gasteiger charge is -2.10. The Kier molecular flexibility index (Phi) is 5.84. The lowest BCUT2D eigenvalue weighted by molar-refractivity contribution is 1.14. The van der Waals surface area contributed by atoms with Crippen molar-refractivity contribution in [3.05, 3.63) is 170 Å². The summed E-state index contributed by atoms with van der Waals surface area (Å²) in [6, 6.07) is 60.2. The molecule has 224 valence electrons. The van der Waals surface area contributed by atoms with Crippen molar-refractivity contribution < 1.29 is 0 Å². The molecule has 0 atom stereocenters. The number of fused-ring (bicyclic) bond motifs is 7. The Balaban J connectivity index is 1.19. The van der Waals surface area contributed by atoms with Crippen molar-refractivity contribution in [1.29, 1.82) is 0 Å². The SMILES string of the molecule is c1ccc(-c2ccc(-n3c4ccc(-c5ccc6c7ccccc7n(-c7ccccc7)c6c5)cc4c4nc5ccccc5nc43)cc2)cc1. The molecule has 0 fully saturated rings. The van der Waals surface area contributed by atoms with E-state index in [2.05, 4.69) is 149 Å². The Morgan fingerprint density at radius 2 is 0.896 bits per heavy atom. The Labute approximate surface area is 276 Å². The summed E-state index contributed by atoms with van der Waals surface area (Å²) >= 11 is 0. The lowest BCUT2D eigenvalue weighted by Crippen LogP contribution is -1.96. The number of hydrogen-bond acceptors (Lipinski definition) is 2. The molecule has 0 spiro atoms. The fourth-order valence-electron chi connectivity index (χ4n) is 7.24. The maximum Gasteiger partial charge on any atom is 0.165 e. The third kappa shape index (κ3) is 4.10.